The van der Waals surface area contributed by atoms with E-state index in [2.05, 4.69) is 10.1 Å². The SMILES string of the molecule is COC(=O)C(C)NC(=O)C1CCN(C(=O)/C=C/c2cc3c(c(Cl)c2Cl)SCCC3=O)CC1. The maximum absolute atomic E-state index is 12.6. The van der Waals surface area contributed by atoms with E-state index >= 15 is 0 Å². The molecule has 1 saturated heterocycles. The van der Waals surface area contributed by atoms with Gasteiger partial charge in [-0.05, 0) is 37.5 Å². The molecule has 2 amide bonds. The number of carbonyl (C=O) groups excluding carboxylic acids is 4. The molecule has 32 heavy (non-hydrogen) atoms. The molecule has 1 aromatic carbocycles. The lowest BCUT2D eigenvalue weighted by molar-refractivity contribution is -0.145. The fraction of sp³-hybridized carbons (Fsp3) is 0.455. The lowest BCUT2D eigenvalue weighted by Gasteiger charge is -2.31. The van der Waals surface area contributed by atoms with Gasteiger partial charge in [0, 0.05) is 47.7 Å². The van der Waals surface area contributed by atoms with Gasteiger partial charge in [0.2, 0.25) is 11.8 Å². The number of nitrogens with one attached hydrogen (secondary N) is 1. The van der Waals surface area contributed by atoms with Gasteiger partial charge in [-0.25, -0.2) is 4.79 Å². The number of hydrogen-bond acceptors (Lipinski definition) is 6. The lowest BCUT2D eigenvalue weighted by atomic mass is 9.95. The molecule has 2 heterocycles. The molecule has 2 aliphatic heterocycles. The third-order valence-electron chi connectivity index (χ3n) is 5.56. The minimum absolute atomic E-state index is 0.0140. The first-order valence-electron chi connectivity index (χ1n) is 10.3. The molecule has 0 spiro atoms. The number of piperidine rings is 1. The third kappa shape index (κ3) is 5.47. The molecular formula is C22H24Cl2N2O5S. The maximum Gasteiger partial charge on any atom is 0.328 e. The van der Waals surface area contributed by atoms with E-state index in [1.54, 1.807) is 24.0 Å². The zero-order valence-corrected chi connectivity index (χ0v) is 20.1. The van der Waals surface area contributed by atoms with E-state index in [9.17, 15) is 19.2 Å². The van der Waals surface area contributed by atoms with Crippen molar-refractivity contribution in [1.29, 1.82) is 0 Å². The molecule has 0 aliphatic carbocycles. The minimum atomic E-state index is -0.714. The number of ether oxygens (including phenoxy) is 1. The van der Waals surface area contributed by atoms with Crippen molar-refractivity contribution >= 4 is 64.6 Å². The number of methoxy groups -OCH3 is 1. The smallest absolute Gasteiger partial charge is 0.328 e. The van der Waals surface area contributed by atoms with Gasteiger partial charge in [-0.2, -0.15) is 0 Å². The first-order chi connectivity index (χ1) is 15.2. The number of thioether (sulfide) groups is 1. The van der Waals surface area contributed by atoms with Crippen LogP contribution in [0.3, 0.4) is 0 Å². The van der Waals surface area contributed by atoms with Gasteiger partial charge in [-0.15, -0.1) is 11.8 Å². The number of rotatable bonds is 5. The van der Waals surface area contributed by atoms with Crippen molar-refractivity contribution < 1.29 is 23.9 Å². The first kappa shape index (κ1) is 24.6. The van der Waals surface area contributed by atoms with Crippen LogP contribution in [0.1, 0.15) is 42.1 Å². The van der Waals surface area contributed by atoms with Crippen LogP contribution in [0.4, 0.5) is 0 Å². The van der Waals surface area contributed by atoms with Crippen LogP contribution in [-0.2, 0) is 19.1 Å². The van der Waals surface area contributed by atoms with Crippen LogP contribution in [0, 0.1) is 5.92 Å². The summed E-state index contributed by atoms with van der Waals surface area (Å²) in [5.41, 5.74) is 1.06. The molecular weight excluding hydrogens is 475 g/mol. The number of likely N-dealkylation sites (tertiary alicyclic amines) is 1. The summed E-state index contributed by atoms with van der Waals surface area (Å²) >= 11 is 14.2. The molecule has 0 saturated carbocycles. The minimum Gasteiger partial charge on any atom is -0.467 e. The van der Waals surface area contributed by atoms with Crippen LogP contribution in [0.5, 0.6) is 0 Å². The topological polar surface area (TPSA) is 92.8 Å². The maximum atomic E-state index is 12.6. The second-order valence-corrected chi connectivity index (χ2v) is 9.54. The number of Topliss-reactive ketones (excluding diaryl/α,β-unsaturated/α-hetero) is 1. The molecule has 2 aliphatic rings. The van der Waals surface area contributed by atoms with Crippen molar-refractivity contribution in [3.05, 3.63) is 33.3 Å². The Morgan fingerprint density at radius 3 is 2.59 bits per heavy atom. The predicted octanol–water partition coefficient (Wildman–Crippen LogP) is 3.60. The van der Waals surface area contributed by atoms with Crippen molar-refractivity contribution in [2.45, 2.75) is 37.1 Å². The van der Waals surface area contributed by atoms with Gasteiger partial charge in [0.25, 0.3) is 0 Å². The second-order valence-electron chi connectivity index (χ2n) is 7.68. The third-order valence-corrected chi connectivity index (χ3v) is 7.68. The van der Waals surface area contributed by atoms with Crippen molar-refractivity contribution in [3.63, 3.8) is 0 Å². The highest BCUT2D eigenvalue weighted by atomic mass is 35.5. The van der Waals surface area contributed by atoms with Crippen LogP contribution in [0.25, 0.3) is 6.08 Å². The molecule has 1 unspecified atom stereocenters. The quantitative estimate of drug-likeness (QED) is 0.492. The van der Waals surface area contributed by atoms with E-state index in [-0.39, 0.29) is 23.5 Å². The molecule has 172 valence electrons. The van der Waals surface area contributed by atoms with E-state index < -0.39 is 12.0 Å². The monoisotopic (exact) mass is 498 g/mol. The Kier molecular flexibility index (Phi) is 8.25. The Morgan fingerprint density at radius 1 is 1.25 bits per heavy atom. The Morgan fingerprint density at radius 2 is 1.94 bits per heavy atom. The van der Waals surface area contributed by atoms with Gasteiger partial charge in [0.1, 0.15) is 6.04 Å². The summed E-state index contributed by atoms with van der Waals surface area (Å²) in [7, 11) is 1.27. The fourth-order valence-electron chi connectivity index (χ4n) is 3.67. The van der Waals surface area contributed by atoms with Gasteiger partial charge in [-0.1, -0.05) is 23.2 Å². The Bertz CT molecular complexity index is 974. The van der Waals surface area contributed by atoms with E-state index in [4.69, 9.17) is 23.2 Å². The van der Waals surface area contributed by atoms with Crippen molar-refractivity contribution in [1.82, 2.24) is 10.2 Å². The zero-order chi connectivity index (χ0) is 23.4. The standard InChI is InChI=1S/C22H24Cl2N2O5S/c1-12(22(30)31-2)25-21(29)13-5-8-26(9-6-13)17(28)4-3-14-11-15-16(27)7-10-32-20(15)19(24)18(14)23/h3-4,11-13H,5-10H2,1-2H3,(H,25,29)/b4-3+. The molecule has 1 atom stereocenters. The number of halogens is 2. The Hall–Kier alpha value is -2.03. The number of ketones is 1. The fourth-order valence-corrected chi connectivity index (χ4v) is 5.37. The van der Waals surface area contributed by atoms with Crippen molar-refractivity contribution in [2.75, 3.05) is 26.0 Å². The number of benzene rings is 1. The molecule has 1 fully saturated rings. The summed E-state index contributed by atoms with van der Waals surface area (Å²) < 4.78 is 4.61. The lowest BCUT2D eigenvalue weighted by Crippen LogP contribution is -2.46. The van der Waals surface area contributed by atoms with Gasteiger partial charge in [-0.3, -0.25) is 14.4 Å². The zero-order valence-electron chi connectivity index (χ0n) is 17.8. The summed E-state index contributed by atoms with van der Waals surface area (Å²) in [6.07, 6.45) is 4.41. The first-order valence-corrected chi connectivity index (χ1v) is 12.0. The van der Waals surface area contributed by atoms with Crippen molar-refractivity contribution in [2.24, 2.45) is 5.92 Å². The van der Waals surface area contributed by atoms with Gasteiger partial charge < -0.3 is 15.0 Å². The normalized spacial score (nSPS) is 17.8. The van der Waals surface area contributed by atoms with E-state index in [0.717, 1.165) is 0 Å². The summed E-state index contributed by atoms with van der Waals surface area (Å²) in [5, 5.41) is 3.29. The Labute approximate surface area is 200 Å². The summed E-state index contributed by atoms with van der Waals surface area (Å²) in [5.74, 6) is -0.517. The second kappa shape index (κ2) is 10.7. The molecule has 0 radical (unpaired) electrons. The molecule has 3 rings (SSSR count). The van der Waals surface area contributed by atoms with Crippen LogP contribution in [0.2, 0.25) is 10.0 Å². The van der Waals surface area contributed by atoms with Crippen molar-refractivity contribution in [3.8, 4) is 0 Å². The number of hydrogen-bond donors (Lipinski definition) is 1. The molecule has 1 N–H and O–H groups in total. The summed E-state index contributed by atoms with van der Waals surface area (Å²) in [4.78, 5) is 51.0. The number of fused-ring (bicyclic) bond motifs is 1. The van der Waals surface area contributed by atoms with E-state index in [0.29, 0.717) is 64.2 Å². The number of amides is 2. The number of esters is 1. The molecule has 1 aromatic rings. The number of nitrogens with zero attached hydrogens (tertiary/aromatic N) is 1. The van der Waals surface area contributed by atoms with E-state index in [1.807, 2.05) is 0 Å². The van der Waals surface area contributed by atoms with E-state index in [1.165, 1.54) is 24.9 Å². The highest BCUT2D eigenvalue weighted by Gasteiger charge is 2.29. The van der Waals surface area contributed by atoms with Gasteiger partial charge in [0.15, 0.2) is 5.78 Å². The van der Waals surface area contributed by atoms with Gasteiger partial charge in [0.05, 0.1) is 17.2 Å². The Balaban J connectivity index is 1.60. The summed E-state index contributed by atoms with van der Waals surface area (Å²) in [6, 6.07) is 0.967. The summed E-state index contributed by atoms with van der Waals surface area (Å²) in [6.45, 7) is 2.40. The van der Waals surface area contributed by atoms with Crippen LogP contribution in [0.15, 0.2) is 17.0 Å². The average Bonchev–Trinajstić information content (AvgIpc) is 2.80. The van der Waals surface area contributed by atoms with Crippen LogP contribution < -0.4 is 5.32 Å². The molecule has 0 bridgehead atoms. The molecule has 7 nitrogen and oxygen atoms in total. The average molecular weight is 499 g/mol. The molecule has 10 heteroatoms. The predicted molar refractivity (Wildman–Crippen MR) is 124 cm³/mol. The number of carbonyl (C=O) groups is 4. The largest absolute Gasteiger partial charge is 0.467 e. The van der Waals surface area contributed by atoms with Gasteiger partial charge >= 0.3 is 5.97 Å². The highest BCUT2D eigenvalue weighted by Crippen LogP contribution is 2.42. The van der Waals surface area contributed by atoms with Crippen LogP contribution >= 0.6 is 35.0 Å². The van der Waals surface area contributed by atoms with Crippen LogP contribution in [-0.4, -0.2) is 60.5 Å². The molecule has 0 aromatic heterocycles. The highest BCUT2D eigenvalue weighted by molar-refractivity contribution is 7.99.